The number of hydrogen-bond acceptors (Lipinski definition) is 5. The van der Waals surface area contributed by atoms with Crippen LogP contribution in [0.1, 0.15) is 11.1 Å². The predicted octanol–water partition coefficient (Wildman–Crippen LogP) is 2.82. The topological polar surface area (TPSA) is 43.0 Å². The Labute approximate surface area is 143 Å². The molecule has 5 heteroatoms. The fourth-order valence-corrected chi connectivity index (χ4v) is 3.11. The lowest BCUT2D eigenvalue weighted by Crippen LogP contribution is -2.28. The Kier molecular flexibility index (Phi) is 5.11. The van der Waals surface area contributed by atoms with Crippen LogP contribution in [0.15, 0.2) is 36.4 Å². The van der Waals surface area contributed by atoms with E-state index in [2.05, 4.69) is 34.5 Å². The minimum Gasteiger partial charge on any atom is -0.496 e. The fraction of sp³-hybridized carbons (Fsp3) is 0.368. The molecular formula is C19H24N2O3. The number of para-hydroxylation sites is 1. The van der Waals surface area contributed by atoms with E-state index in [1.54, 1.807) is 21.3 Å². The number of ether oxygens (including phenoxy) is 3. The molecule has 0 bridgehead atoms. The third-order valence-electron chi connectivity index (χ3n) is 4.35. The lowest BCUT2D eigenvalue weighted by atomic mass is 10.1. The van der Waals surface area contributed by atoms with Gasteiger partial charge in [0.25, 0.3) is 0 Å². The molecule has 0 radical (unpaired) electrons. The normalized spacial score (nSPS) is 13.9. The molecular weight excluding hydrogens is 304 g/mol. The summed E-state index contributed by atoms with van der Waals surface area (Å²) in [4.78, 5) is 2.37. The number of nitrogens with one attached hydrogen (secondary N) is 1. The summed E-state index contributed by atoms with van der Waals surface area (Å²) in [6.45, 7) is 3.54. The Hall–Kier alpha value is -2.40. The first kappa shape index (κ1) is 16.5. The summed E-state index contributed by atoms with van der Waals surface area (Å²) in [7, 11) is 4.97. The Balaban J connectivity index is 1.96. The third-order valence-corrected chi connectivity index (χ3v) is 4.35. The Bertz CT molecular complexity index is 703. The van der Waals surface area contributed by atoms with E-state index in [0.29, 0.717) is 5.75 Å². The first-order valence-corrected chi connectivity index (χ1v) is 8.09. The van der Waals surface area contributed by atoms with Gasteiger partial charge in [0.15, 0.2) is 11.5 Å². The highest BCUT2D eigenvalue weighted by Gasteiger charge is 2.18. The van der Waals surface area contributed by atoms with Crippen molar-refractivity contribution in [3.63, 3.8) is 0 Å². The van der Waals surface area contributed by atoms with Gasteiger partial charge < -0.3 is 24.4 Å². The number of hydrogen-bond donors (Lipinski definition) is 1. The van der Waals surface area contributed by atoms with Gasteiger partial charge in [0.1, 0.15) is 5.75 Å². The van der Waals surface area contributed by atoms with E-state index in [1.165, 1.54) is 11.3 Å². The summed E-state index contributed by atoms with van der Waals surface area (Å²) >= 11 is 0. The van der Waals surface area contributed by atoms with Gasteiger partial charge >= 0.3 is 0 Å². The van der Waals surface area contributed by atoms with Crippen LogP contribution in [0, 0.1) is 0 Å². The molecule has 1 N–H and O–H groups in total. The van der Waals surface area contributed by atoms with Gasteiger partial charge in [-0.2, -0.15) is 0 Å². The zero-order valence-electron chi connectivity index (χ0n) is 14.5. The summed E-state index contributed by atoms with van der Waals surface area (Å²) in [5.41, 5.74) is 3.65. The Morgan fingerprint density at radius 1 is 0.958 bits per heavy atom. The summed E-state index contributed by atoms with van der Waals surface area (Å²) in [6, 6.07) is 12.4. The van der Waals surface area contributed by atoms with Crippen LogP contribution >= 0.6 is 0 Å². The van der Waals surface area contributed by atoms with Gasteiger partial charge in [0, 0.05) is 43.5 Å². The largest absolute Gasteiger partial charge is 0.496 e. The SMILES string of the molecule is COc1cc(OC)c(OC)cc1CN1CCNCc2ccccc21. The summed E-state index contributed by atoms with van der Waals surface area (Å²) in [6.07, 6.45) is 0. The van der Waals surface area contributed by atoms with Gasteiger partial charge in [-0.05, 0) is 17.7 Å². The van der Waals surface area contributed by atoms with Crippen molar-refractivity contribution in [3.05, 3.63) is 47.5 Å². The Morgan fingerprint density at radius 3 is 2.42 bits per heavy atom. The van der Waals surface area contributed by atoms with Crippen LogP contribution in [0.5, 0.6) is 17.2 Å². The maximum absolute atomic E-state index is 5.57. The molecule has 0 saturated heterocycles. The first-order chi connectivity index (χ1) is 11.8. The van der Waals surface area contributed by atoms with Crippen molar-refractivity contribution >= 4 is 5.69 Å². The highest BCUT2D eigenvalue weighted by atomic mass is 16.5. The zero-order chi connectivity index (χ0) is 16.9. The van der Waals surface area contributed by atoms with Gasteiger partial charge in [0.05, 0.1) is 21.3 Å². The van der Waals surface area contributed by atoms with Crippen LogP contribution < -0.4 is 24.4 Å². The molecule has 2 aromatic carbocycles. The van der Waals surface area contributed by atoms with E-state index in [1.807, 2.05) is 12.1 Å². The van der Waals surface area contributed by atoms with Crippen LogP contribution in [0.3, 0.4) is 0 Å². The molecule has 2 aromatic rings. The standard InChI is InChI=1S/C19H24N2O3/c1-22-17-11-19(24-3)18(23-2)10-15(17)13-21-9-8-20-12-14-6-4-5-7-16(14)21/h4-7,10-11,20H,8-9,12-13H2,1-3H3. The fourth-order valence-electron chi connectivity index (χ4n) is 3.11. The average Bonchev–Trinajstić information content (AvgIpc) is 2.83. The highest BCUT2D eigenvalue weighted by molar-refractivity contribution is 5.57. The first-order valence-electron chi connectivity index (χ1n) is 8.09. The summed E-state index contributed by atoms with van der Waals surface area (Å²) in [5.74, 6) is 2.20. The van der Waals surface area contributed by atoms with E-state index in [9.17, 15) is 0 Å². The summed E-state index contributed by atoms with van der Waals surface area (Å²) < 4.78 is 16.4. The smallest absolute Gasteiger partial charge is 0.164 e. The lowest BCUT2D eigenvalue weighted by Gasteiger charge is -2.26. The molecule has 0 spiro atoms. The second-order valence-electron chi connectivity index (χ2n) is 5.75. The van der Waals surface area contributed by atoms with Crippen LogP contribution in [-0.2, 0) is 13.1 Å². The maximum atomic E-state index is 5.57. The van der Waals surface area contributed by atoms with Crippen molar-refractivity contribution in [1.29, 1.82) is 0 Å². The third kappa shape index (κ3) is 3.26. The molecule has 0 unspecified atom stereocenters. The maximum Gasteiger partial charge on any atom is 0.164 e. The van der Waals surface area contributed by atoms with E-state index in [-0.39, 0.29) is 0 Å². The number of benzene rings is 2. The second-order valence-corrected chi connectivity index (χ2v) is 5.75. The molecule has 0 aliphatic carbocycles. The molecule has 128 valence electrons. The van der Waals surface area contributed by atoms with Crippen molar-refractivity contribution < 1.29 is 14.2 Å². The number of nitrogens with zero attached hydrogens (tertiary/aromatic N) is 1. The van der Waals surface area contributed by atoms with Gasteiger partial charge in [-0.1, -0.05) is 18.2 Å². The minimum absolute atomic E-state index is 0.677. The molecule has 0 aromatic heterocycles. The molecule has 3 rings (SSSR count). The molecule has 1 heterocycles. The number of fused-ring (bicyclic) bond motifs is 1. The van der Waals surface area contributed by atoms with E-state index in [4.69, 9.17) is 14.2 Å². The van der Waals surface area contributed by atoms with E-state index < -0.39 is 0 Å². The van der Waals surface area contributed by atoms with Crippen LogP contribution in [0.4, 0.5) is 5.69 Å². The predicted molar refractivity (Wildman–Crippen MR) is 95.3 cm³/mol. The van der Waals surface area contributed by atoms with E-state index in [0.717, 1.165) is 43.2 Å². The number of anilines is 1. The van der Waals surface area contributed by atoms with Crippen LogP contribution in [0.2, 0.25) is 0 Å². The summed E-state index contributed by atoms with van der Waals surface area (Å²) in [5, 5.41) is 3.47. The highest BCUT2D eigenvalue weighted by Crippen LogP contribution is 2.36. The molecule has 24 heavy (non-hydrogen) atoms. The zero-order valence-corrected chi connectivity index (χ0v) is 14.5. The molecule has 1 aliphatic heterocycles. The minimum atomic E-state index is 0.677. The number of methoxy groups -OCH3 is 3. The van der Waals surface area contributed by atoms with Crippen molar-refractivity contribution in [2.45, 2.75) is 13.1 Å². The van der Waals surface area contributed by atoms with Crippen molar-refractivity contribution in [1.82, 2.24) is 5.32 Å². The Morgan fingerprint density at radius 2 is 1.67 bits per heavy atom. The average molecular weight is 328 g/mol. The van der Waals surface area contributed by atoms with Gasteiger partial charge in [-0.3, -0.25) is 0 Å². The molecule has 0 amide bonds. The van der Waals surface area contributed by atoms with Crippen molar-refractivity contribution in [2.75, 3.05) is 39.3 Å². The molecule has 1 aliphatic rings. The van der Waals surface area contributed by atoms with Gasteiger partial charge in [-0.15, -0.1) is 0 Å². The van der Waals surface area contributed by atoms with Gasteiger partial charge in [-0.25, -0.2) is 0 Å². The molecule has 0 atom stereocenters. The van der Waals surface area contributed by atoms with E-state index >= 15 is 0 Å². The molecule has 5 nitrogen and oxygen atoms in total. The number of rotatable bonds is 5. The van der Waals surface area contributed by atoms with Crippen molar-refractivity contribution in [2.24, 2.45) is 0 Å². The van der Waals surface area contributed by atoms with Crippen molar-refractivity contribution in [3.8, 4) is 17.2 Å². The quantitative estimate of drug-likeness (QED) is 0.914. The second kappa shape index (κ2) is 7.45. The molecule has 0 saturated carbocycles. The van der Waals surface area contributed by atoms with Crippen LogP contribution in [0.25, 0.3) is 0 Å². The lowest BCUT2D eigenvalue weighted by molar-refractivity contribution is 0.347. The van der Waals surface area contributed by atoms with Crippen LogP contribution in [-0.4, -0.2) is 34.4 Å². The van der Waals surface area contributed by atoms with Gasteiger partial charge in [0.2, 0.25) is 0 Å². The molecule has 0 fully saturated rings. The monoisotopic (exact) mass is 328 g/mol.